The predicted octanol–water partition coefficient (Wildman–Crippen LogP) is 4.51. The number of hydrogen-bond donors (Lipinski definition) is 2. The molecule has 3 atom stereocenters. The summed E-state index contributed by atoms with van der Waals surface area (Å²) in [6.07, 6.45) is 6.53. The smallest absolute Gasteiger partial charge is 0.347 e. The fourth-order valence-electron chi connectivity index (χ4n) is 5.36. The molecule has 2 aliphatic carbocycles. The van der Waals surface area contributed by atoms with Gasteiger partial charge in [0, 0.05) is 18.4 Å². The summed E-state index contributed by atoms with van der Waals surface area (Å²) in [4.78, 5) is 24.6. The number of amides is 1. The molecule has 30 heavy (non-hydrogen) atoms. The van der Waals surface area contributed by atoms with E-state index >= 15 is 0 Å². The Morgan fingerprint density at radius 3 is 2.70 bits per heavy atom. The van der Waals surface area contributed by atoms with Gasteiger partial charge in [0.05, 0.1) is 0 Å². The molecule has 5 heteroatoms. The second-order valence-corrected chi connectivity index (χ2v) is 8.88. The Hall–Kier alpha value is -2.82. The molecule has 2 aliphatic rings. The zero-order valence-corrected chi connectivity index (χ0v) is 17.6. The minimum absolute atomic E-state index is 0.00221. The number of para-hydroxylation sites is 1. The average Bonchev–Trinajstić information content (AvgIpc) is 2.70. The molecule has 0 saturated heterocycles. The van der Waals surface area contributed by atoms with Gasteiger partial charge in [0.25, 0.3) is 0 Å². The maximum atomic E-state index is 12.6. The van der Waals surface area contributed by atoms with E-state index in [0.717, 1.165) is 31.2 Å². The zero-order chi connectivity index (χ0) is 21.3. The Balaban J connectivity index is 1.69. The number of phenols is 1. The number of ether oxygens (including phenoxy) is 1. The summed E-state index contributed by atoms with van der Waals surface area (Å²) in [6, 6.07) is 12.3. The van der Waals surface area contributed by atoms with Crippen molar-refractivity contribution < 1.29 is 19.4 Å². The first kappa shape index (κ1) is 20.5. The van der Waals surface area contributed by atoms with Crippen LogP contribution in [0.2, 0.25) is 0 Å². The largest absolute Gasteiger partial charge is 0.507 e. The number of phenolic OH excluding ortho intramolecular Hbond substituents is 1. The summed E-state index contributed by atoms with van der Waals surface area (Å²) >= 11 is 0. The molecular formula is C25H29NO4. The van der Waals surface area contributed by atoms with Gasteiger partial charge >= 0.3 is 5.97 Å². The van der Waals surface area contributed by atoms with Crippen LogP contribution >= 0.6 is 0 Å². The molecule has 2 aromatic rings. The number of rotatable bonds is 3. The summed E-state index contributed by atoms with van der Waals surface area (Å²) in [5.41, 5.74) is 2.36. The Labute approximate surface area is 177 Å². The summed E-state index contributed by atoms with van der Waals surface area (Å²) in [5, 5.41) is 13.2. The van der Waals surface area contributed by atoms with Gasteiger partial charge in [-0.2, -0.15) is 0 Å². The molecule has 2 N–H and O–H groups in total. The van der Waals surface area contributed by atoms with Crippen molar-refractivity contribution in [2.45, 2.75) is 63.8 Å². The highest BCUT2D eigenvalue weighted by molar-refractivity contribution is 5.93. The van der Waals surface area contributed by atoms with Crippen molar-refractivity contribution in [3.05, 3.63) is 59.2 Å². The van der Waals surface area contributed by atoms with Gasteiger partial charge in [-0.05, 0) is 60.6 Å². The number of hydrogen-bond acceptors (Lipinski definition) is 4. The second kappa shape index (κ2) is 8.13. The first-order chi connectivity index (χ1) is 14.4. The number of benzene rings is 2. The Bertz CT molecular complexity index is 969. The molecule has 5 nitrogen and oxygen atoms in total. The molecule has 0 unspecified atom stereocenters. The van der Waals surface area contributed by atoms with Crippen molar-refractivity contribution in [3.63, 3.8) is 0 Å². The number of fused-ring (bicyclic) bond motifs is 4. The first-order valence-corrected chi connectivity index (χ1v) is 10.8. The van der Waals surface area contributed by atoms with Crippen LogP contribution in [0.5, 0.6) is 11.5 Å². The van der Waals surface area contributed by atoms with Gasteiger partial charge in [-0.1, -0.05) is 44.4 Å². The van der Waals surface area contributed by atoms with E-state index < -0.39 is 5.97 Å². The standard InChI is InChI=1S/C25H29NO4/c1-16(27)26-23-18-8-4-3-7-13-25(23,2)21-15-19(12-11-17(21)14-18)30-24(29)20-9-5-6-10-22(20)28/h5-6,9-12,15,18,23,28H,3-4,7-8,13-14H2,1-2H3,(H,26,27)/t18-,23-,25+/m0/s1. The van der Waals surface area contributed by atoms with Crippen molar-refractivity contribution >= 4 is 11.9 Å². The van der Waals surface area contributed by atoms with Crippen LogP contribution < -0.4 is 10.1 Å². The van der Waals surface area contributed by atoms with Crippen LogP contribution in [-0.2, 0) is 16.6 Å². The average molecular weight is 408 g/mol. The van der Waals surface area contributed by atoms with E-state index in [1.165, 1.54) is 24.5 Å². The molecule has 4 rings (SSSR count). The highest BCUT2D eigenvalue weighted by atomic mass is 16.5. The monoisotopic (exact) mass is 407 g/mol. The van der Waals surface area contributed by atoms with Gasteiger partial charge in [-0.15, -0.1) is 0 Å². The van der Waals surface area contributed by atoms with Crippen molar-refractivity contribution in [3.8, 4) is 11.5 Å². The molecule has 2 bridgehead atoms. The number of nitrogens with one attached hydrogen (secondary N) is 1. The quantitative estimate of drug-likeness (QED) is 0.580. The van der Waals surface area contributed by atoms with Crippen molar-refractivity contribution in [1.82, 2.24) is 5.32 Å². The number of carbonyl (C=O) groups excluding carboxylic acids is 2. The molecule has 0 aliphatic heterocycles. The van der Waals surface area contributed by atoms with Crippen molar-refractivity contribution in [1.29, 1.82) is 0 Å². The molecular weight excluding hydrogens is 378 g/mol. The van der Waals surface area contributed by atoms with Crippen LogP contribution in [0.25, 0.3) is 0 Å². The summed E-state index contributed by atoms with van der Waals surface area (Å²) in [7, 11) is 0. The van der Waals surface area contributed by atoms with E-state index in [-0.39, 0.29) is 28.7 Å². The van der Waals surface area contributed by atoms with Crippen molar-refractivity contribution in [2.75, 3.05) is 0 Å². The fraction of sp³-hybridized carbons (Fsp3) is 0.440. The maximum Gasteiger partial charge on any atom is 0.347 e. The molecule has 0 heterocycles. The molecule has 1 saturated carbocycles. The minimum Gasteiger partial charge on any atom is -0.507 e. The number of carbonyl (C=O) groups is 2. The zero-order valence-electron chi connectivity index (χ0n) is 17.6. The first-order valence-electron chi connectivity index (χ1n) is 10.8. The molecule has 1 fully saturated rings. The van der Waals surface area contributed by atoms with Crippen molar-refractivity contribution in [2.24, 2.45) is 5.92 Å². The fourth-order valence-corrected chi connectivity index (χ4v) is 5.36. The normalized spacial score (nSPS) is 25.4. The molecule has 0 spiro atoms. The summed E-state index contributed by atoms with van der Waals surface area (Å²) < 4.78 is 5.62. The Morgan fingerprint density at radius 2 is 1.93 bits per heavy atom. The van der Waals surface area contributed by atoms with E-state index in [4.69, 9.17) is 4.74 Å². The Morgan fingerprint density at radius 1 is 1.13 bits per heavy atom. The SMILES string of the molecule is CC(=O)N[C@H]1[C@H]2CCCCC[C@]1(C)c1cc(OC(=O)c3ccccc3O)ccc1C2. The Kier molecular flexibility index (Phi) is 5.54. The third-order valence-electron chi connectivity index (χ3n) is 6.80. The van der Waals surface area contributed by atoms with Gasteiger partial charge < -0.3 is 15.2 Å². The van der Waals surface area contributed by atoms with Crippen LogP contribution in [0.1, 0.15) is 67.4 Å². The predicted molar refractivity (Wildman–Crippen MR) is 115 cm³/mol. The van der Waals surface area contributed by atoms with Gasteiger partial charge in [0.1, 0.15) is 17.1 Å². The van der Waals surface area contributed by atoms with E-state index in [9.17, 15) is 14.7 Å². The highest BCUT2D eigenvalue weighted by Gasteiger charge is 2.46. The lowest BCUT2D eigenvalue weighted by molar-refractivity contribution is -0.120. The minimum atomic E-state index is -0.581. The molecule has 158 valence electrons. The lowest BCUT2D eigenvalue weighted by Crippen LogP contribution is -2.56. The summed E-state index contributed by atoms with van der Waals surface area (Å²) in [5.74, 6) is 0.207. The maximum absolute atomic E-state index is 12.6. The topological polar surface area (TPSA) is 75.6 Å². The second-order valence-electron chi connectivity index (χ2n) is 8.88. The summed E-state index contributed by atoms with van der Waals surface area (Å²) in [6.45, 7) is 3.82. The number of aromatic hydroxyl groups is 1. The van der Waals surface area contributed by atoms with Crippen LogP contribution in [0.3, 0.4) is 0 Å². The molecule has 0 radical (unpaired) electrons. The van der Waals surface area contributed by atoms with Gasteiger partial charge in [0.15, 0.2) is 0 Å². The number of esters is 1. The lowest BCUT2D eigenvalue weighted by atomic mass is 9.59. The third kappa shape index (κ3) is 3.81. The molecule has 2 aromatic carbocycles. The molecule has 1 amide bonds. The lowest BCUT2D eigenvalue weighted by Gasteiger charge is -2.49. The highest BCUT2D eigenvalue weighted by Crippen LogP contribution is 2.47. The van der Waals surface area contributed by atoms with Crippen LogP contribution in [0, 0.1) is 5.92 Å². The third-order valence-corrected chi connectivity index (χ3v) is 6.80. The van der Waals surface area contributed by atoms with E-state index in [2.05, 4.69) is 18.3 Å². The van der Waals surface area contributed by atoms with Gasteiger partial charge in [-0.25, -0.2) is 4.79 Å². The van der Waals surface area contributed by atoms with E-state index in [1.54, 1.807) is 25.1 Å². The van der Waals surface area contributed by atoms with Crippen LogP contribution in [0.15, 0.2) is 42.5 Å². The van der Waals surface area contributed by atoms with E-state index in [1.807, 2.05) is 12.1 Å². The van der Waals surface area contributed by atoms with Crippen LogP contribution in [0.4, 0.5) is 0 Å². The molecule has 0 aromatic heterocycles. The van der Waals surface area contributed by atoms with Crippen LogP contribution in [-0.4, -0.2) is 23.0 Å². The van der Waals surface area contributed by atoms with Gasteiger partial charge in [-0.3, -0.25) is 4.79 Å². The van der Waals surface area contributed by atoms with E-state index in [0.29, 0.717) is 11.7 Å². The van der Waals surface area contributed by atoms with Gasteiger partial charge in [0.2, 0.25) is 5.91 Å².